The Morgan fingerprint density at radius 1 is 1.06 bits per heavy atom. The van der Waals surface area contributed by atoms with Gasteiger partial charge in [-0.3, -0.25) is 10.00 Å². The molecule has 9 heteroatoms. The van der Waals surface area contributed by atoms with E-state index in [1.165, 1.54) is 18.5 Å². The first-order chi connectivity index (χ1) is 15.0. The van der Waals surface area contributed by atoms with Crippen molar-refractivity contribution in [3.63, 3.8) is 0 Å². The van der Waals surface area contributed by atoms with Crippen molar-refractivity contribution in [3.8, 4) is 0 Å². The van der Waals surface area contributed by atoms with Crippen molar-refractivity contribution in [2.24, 2.45) is 10.8 Å². The lowest BCUT2D eigenvalue weighted by Gasteiger charge is -2.63. The molecule has 0 bridgehead atoms. The van der Waals surface area contributed by atoms with Crippen LogP contribution in [0, 0.1) is 17.8 Å². The van der Waals surface area contributed by atoms with Crippen molar-refractivity contribution in [1.29, 1.82) is 0 Å². The number of hydrogen-bond acceptors (Lipinski definition) is 6. The fourth-order valence-corrected chi connectivity index (χ4v) is 6.96. The fraction of sp³-hybridized carbons (Fsp3) is 0.727. The van der Waals surface area contributed by atoms with Gasteiger partial charge in [-0.25, -0.2) is 14.8 Å². The average molecular weight is 440 g/mol. The smallest absolute Gasteiger partial charge is 0.320 e. The molecule has 0 atom stereocenters. The molecule has 5 heterocycles. The summed E-state index contributed by atoms with van der Waals surface area (Å²) in [5, 5.41) is 10.9. The summed E-state index contributed by atoms with van der Waals surface area (Å²) in [6, 6.07) is 0.252. The molecule has 0 aromatic carbocycles. The van der Waals surface area contributed by atoms with Gasteiger partial charge in [-0.05, 0) is 32.6 Å². The van der Waals surface area contributed by atoms with Crippen LogP contribution in [0.4, 0.5) is 4.79 Å². The SMILES string of the molecule is Cc1nc(CN2CC3(C2)CN(C(=O)N2CC4(CC(c5n[nH]c(C6CC6)n5)C4)C2)C3)cs1. The fourth-order valence-electron chi connectivity index (χ4n) is 6.36. The molecule has 2 saturated carbocycles. The lowest BCUT2D eigenvalue weighted by Crippen LogP contribution is -2.75. The third-order valence-corrected chi connectivity index (χ3v) is 8.85. The Balaban J connectivity index is 0.857. The number of rotatable bonds is 4. The van der Waals surface area contributed by atoms with Crippen LogP contribution >= 0.6 is 11.3 Å². The van der Waals surface area contributed by atoms with E-state index in [0.29, 0.717) is 22.7 Å². The normalized spacial score (nSPS) is 26.5. The largest absolute Gasteiger partial charge is 0.323 e. The molecular weight excluding hydrogens is 410 g/mol. The van der Waals surface area contributed by atoms with Crippen molar-refractivity contribution in [2.75, 3.05) is 39.3 Å². The molecule has 8 nitrogen and oxygen atoms in total. The zero-order chi connectivity index (χ0) is 20.8. The predicted molar refractivity (Wildman–Crippen MR) is 116 cm³/mol. The van der Waals surface area contributed by atoms with Gasteiger partial charge in [-0.15, -0.1) is 11.3 Å². The van der Waals surface area contributed by atoms with Crippen LogP contribution in [0.1, 0.15) is 59.9 Å². The van der Waals surface area contributed by atoms with Gasteiger partial charge in [0.2, 0.25) is 0 Å². The Morgan fingerprint density at radius 3 is 2.42 bits per heavy atom. The van der Waals surface area contributed by atoms with Crippen LogP contribution in [-0.2, 0) is 6.54 Å². The van der Waals surface area contributed by atoms with E-state index < -0.39 is 0 Å². The number of urea groups is 1. The minimum Gasteiger partial charge on any atom is -0.323 e. The highest BCUT2D eigenvalue weighted by molar-refractivity contribution is 7.09. The Bertz CT molecular complexity index is 1010. The van der Waals surface area contributed by atoms with Crippen LogP contribution < -0.4 is 0 Å². The number of likely N-dealkylation sites (tertiary alicyclic amines) is 3. The first-order valence-electron chi connectivity index (χ1n) is 11.6. The molecule has 7 rings (SSSR count). The number of thiazole rings is 1. The Morgan fingerprint density at radius 2 is 1.77 bits per heavy atom. The van der Waals surface area contributed by atoms with E-state index >= 15 is 0 Å². The minimum absolute atomic E-state index is 0.252. The molecule has 1 N–H and O–H groups in total. The topological polar surface area (TPSA) is 81.3 Å². The molecule has 3 aliphatic heterocycles. The quantitative estimate of drug-likeness (QED) is 0.792. The van der Waals surface area contributed by atoms with E-state index in [-0.39, 0.29) is 6.03 Å². The van der Waals surface area contributed by atoms with E-state index in [9.17, 15) is 4.79 Å². The lowest BCUT2D eigenvalue weighted by atomic mass is 9.57. The number of aromatic amines is 1. The summed E-state index contributed by atoms with van der Waals surface area (Å²) in [5.41, 5.74) is 1.86. The van der Waals surface area contributed by atoms with Gasteiger partial charge in [-0.1, -0.05) is 0 Å². The van der Waals surface area contributed by atoms with Gasteiger partial charge in [-0.2, -0.15) is 5.10 Å². The second-order valence-electron chi connectivity index (χ2n) is 11.0. The average Bonchev–Trinajstić information content (AvgIpc) is 3.21. The molecule has 2 aliphatic carbocycles. The number of nitrogens with one attached hydrogen (secondary N) is 1. The van der Waals surface area contributed by atoms with Gasteiger partial charge in [0.05, 0.1) is 10.7 Å². The third-order valence-electron chi connectivity index (χ3n) is 8.02. The Kier molecular flexibility index (Phi) is 3.76. The molecule has 164 valence electrons. The van der Waals surface area contributed by atoms with Crippen molar-refractivity contribution in [3.05, 3.63) is 27.7 Å². The van der Waals surface area contributed by atoms with E-state index in [0.717, 1.165) is 75.3 Å². The second kappa shape index (κ2) is 6.28. The van der Waals surface area contributed by atoms with Crippen molar-refractivity contribution >= 4 is 17.4 Å². The summed E-state index contributed by atoms with van der Waals surface area (Å²) >= 11 is 1.72. The van der Waals surface area contributed by atoms with Crippen LogP contribution in [-0.4, -0.2) is 80.2 Å². The third kappa shape index (κ3) is 3.03. The highest BCUT2D eigenvalue weighted by Crippen LogP contribution is 2.56. The van der Waals surface area contributed by atoms with Crippen molar-refractivity contribution in [1.82, 2.24) is 34.9 Å². The maximum Gasteiger partial charge on any atom is 0.320 e. The molecule has 0 radical (unpaired) electrons. The maximum absolute atomic E-state index is 12.9. The van der Waals surface area contributed by atoms with E-state index in [1.54, 1.807) is 11.3 Å². The Hall–Kier alpha value is -2.00. The molecular formula is C22H29N7OS. The zero-order valence-corrected chi connectivity index (χ0v) is 18.8. The molecule has 5 aliphatic rings. The molecule has 5 fully saturated rings. The van der Waals surface area contributed by atoms with Gasteiger partial charge in [0.15, 0.2) is 5.82 Å². The summed E-state index contributed by atoms with van der Waals surface area (Å²) in [7, 11) is 0. The highest BCUT2D eigenvalue weighted by atomic mass is 32.1. The molecule has 3 saturated heterocycles. The molecule has 2 amide bonds. The van der Waals surface area contributed by atoms with Crippen LogP contribution in [0.5, 0.6) is 0 Å². The van der Waals surface area contributed by atoms with Crippen molar-refractivity contribution < 1.29 is 4.79 Å². The standard InChI is InChI=1S/C22H29N7OS/c1-14-23-17(7-31-14)6-27-8-22(9-27)12-29(13-22)20(30)28-10-21(11-28)4-16(5-21)19-24-18(25-26-19)15-2-3-15/h7,15-16H,2-6,8-13H2,1H3,(H,24,25,26). The first-order valence-corrected chi connectivity index (χ1v) is 12.5. The van der Waals surface area contributed by atoms with E-state index in [2.05, 4.69) is 42.2 Å². The van der Waals surface area contributed by atoms with Gasteiger partial charge < -0.3 is 9.80 Å². The first kappa shape index (κ1) is 18.6. The molecule has 0 unspecified atom stereocenters. The Labute approximate surface area is 186 Å². The number of carbonyl (C=O) groups is 1. The highest BCUT2D eigenvalue weighted by Gasteiger charge is 2.58. The lowest BCUT2D eigenvalue weighted by molar-refractivity contribution is -0.117. The summed E-state index contributed by atoms with van der Waals surface area (Å²) in [4.78, 5) is 28.7. The molecule has 31 heavy (non-hydrogen) atoms. The molecule has 2 spiro atoms. The predicted octanol–water partition coefficient (Wildman–Crippen LogP) is 2.56. The summed E-state index contributed by atoms with van der Waals surface area (Å²) < 4.78 is 0. The number of carbonyl (C=O) groups excluding carboxylic acids is 1. The van der Waals surface area contributed by atoms with Crippen LogP contribution in [0.15, 0.2) is 5.38 Å². The van der Waals surface area contributed by atoms with E-state index in [4.69, 9.17) is 4.98 Å². The summed E-state index contributed by atoms with van der Waals surface area (Å²) in [6.07, 6.45) is 4.77. The number of amides is 2. The number of aryl methyl sites for hydroxylation is 1. The number of aromatic nitrogens is 4. The summed E-state index contributed by atoms with van der Waals surface area (Å²) in [6.45, 7) is 8.88. The van der Waals surface area contributed by atoms with Crippen LogP contribution in [0.2, 0.25) is 0 Å². The number of hydrogen-bond donors (Lipinski definition) is 1. The molecule has 2 aromatic rings. The van der Waals surface area contributed by atoms with Gasteiger partial charge in [0.25, 0.3) is 0 Å². The number of nitrogens with zero attached hydrogens (tertiary/aromatic N) is 6. The van der Waals surface area contributed by atoms with Crippen LogP contribution in [0.25, 0.3) is 0 Å². The second-order valence-corrected chi connectivity index (χ2v) is 12.0. The monoisotopic (exact) mass is 439 g/mol. The van der Waals surface area contributed by atoms with Gasteiger partial charge >= 0.3 is 6.03 Å². The minimum atomic E-state index is 0.252. The maximum atomic E-state index is 12.9. The molecule has 2 aromatic heterocycles. The van der Waals surface area contributed by atoms with Crippen molar-refractivity contribution in [2.45, 2.75) is 51.0 Å². The van der Waals surface area contributed by atoms with Gasteiger partial charge in [0.1, 0.15) is 5.82 Å². The van der Waals surface area contributed by atoms with Gasteiger partial charge in [0, 0.05) is 73.9 Å². The zero-order valence-electron chi connectivity index (χ0n) is 18.0. The van der Waals surface area contributed by atoms with E-state index in [1.807, 2.05) is 0 Å². The number of H-pyrrole nitrogens is 1. The summed E-state index contributed by atoms with van der Waals surface area (Å²) in [5.74, 6) is 3.20. The van der Waals surface area contributed by atoms with Crippen LogP contribution in [0.3, 0.4) is 0 Å².